The molecule has 2 atom stereocenters. The number of rotatable bonds is 4. The molecule has 0 bridgehead atoms. The summed E-state index contributed by atoms with van der Waals surface area (Å²) in [5.74, 6) is 0.339. The number of piperidine rings is 1. The molecule has 20 heavy (non-hydrogen) atoms. The quantitative estimate of drug-likeness (QED) is 0.898. The molecule has 0 aliphatic carbocycles. The number of hydrogen-bond acceptors (Lipinski definition) is 4. The topological polar surface area (TPSA) is 65.5 Å². The average Bonchev–Trinajstić information content (AvgIpc) is 2.86. The SMILES string of the molecule is CCCc1csc(NC(=O)N2CCCC(C)C2CO)n1. The summed E-state index contributed by atoms with van der Waals surface area (Å²) in [5, 5.41) is 15.0. The minimum absolute atomic E-state index is 0.0214. The lowest BCUT2D eigenvalue weighted by Gasteiger charge is -2.38. The zero-order valence-electron chi connectivity index (χ0n) is 12.1. The van der Waals surface area contributed by atoms with Gasteiger partial charge in [0.25, 0.3) is 0 Å². The standard InChI is InChI=1S/C14H23N3O2S/c1-3-5-11-9-20-13(15-11)16-14(19)17-7-4-6-10(2)12(17)8-18/h9-10,12,18H,3-8H2,1-2H3,(H,15,16,19). The summed E-state index contributed by atoms with van der Waals surface area (Å²) in [4.78, 5) is 18.5. The first kappa shape index (κ1) is 15.3. The van der Waals surface area contributed by atoms with E-state index in [0.717, 1.165) is 31.4 Å². The maximum Gasteiger partial charge on any atom is 0.323 e. The van der Waals surface area contributed by atoms with Crippen molar-refractivity contribution in [2.24, 2.45) is 5.92 Å². The summed E-state index contributed by atoms with van der Waals surface area (Å²) in [5.41, 5.74) is 1.03. The van der Waals surface area contributed by atoms with Crippen LogP contribution in [-0.4, -0.2) is 40.2 Å². The fraction of sp³-hybridized carbons (Fsp3) is 0.714. The zero-order valence-corrected chi connectivity index (χ0v) is 12.9. The third-order valence-electron chi connectivity index (χ3n) is 3.84. The third-order valence-corrected chi connectivity index (χ3v) is 4.64. The van der Waals surface area contributed by atoms with Gasteiger partial charge in [0.2, 0.25) is 0 Å². The van der Waals surface area contributed by atoms with Crippen molar-refractivity contribution in [3.63, 3.8) is 0 Å². The van der Waals surface area contributed by atoms with Crippen LogP contribution in [0.1, 0.15) is 38.8 Å². The Labute approximate surface area is 124 Å². The van der Waals surface area contributed by atoms with Crippen LogP contribution in [0.4, 0.5) is 9.93 Å². The number of aromatic nitrogens is 1. The number of hydrogen-bond donors (Lipinski definition) is 2. The summed E-state index contributed by atoms with van der Waals surface area (Å²) >= 11 is 1.46. The molecule has 1 aromatic rings. The van der Waals surface area contributed by atoms with Crippen LogP contribution in [0.5, 0.6) is 0 Å². The molecule has 2 N–H and O–H groups in total. The van der Waals surface area contributed by atoms with Crippen LogP contribution in [0.15, 0.2) is 5.38 Å². The highest BCUT2D eigenvalue weighted by Crippen LogP contribution is 2.24. The highest BCUT2D eigenvalue weighted by Gasteiger charge is 2.31. The van der Waals surface area contributed by atoms with Crippen LogP contribution in [-0.2, 0) is 6.42 Å². The van der Waals surface area contributed by atoms with E-state index in [4.69, 9.17) is 0 Å². The zero-order chi connectivity index (χ0) is 14.5. The predicted molar refractivity (Wildman–Crippen MR) is 81.1 cm³/mol. The number of aliphatic hydroxyl groups is 1. The number of nitrogens with zero attached hydrogens (tertiary/aromatic N) is 2. The molecule has 2 rings (SSSR count). The van der Waals surface area contributed by atoms with E-state index in [9.17, 15) is 9.90 Å². The average molecular weight is 297 g/mol. The van der Waals surface area contributed by atoms with E-state index >= 15 is 0 Å². The maximum atomic E-state index is 12.3. The molecule has 1 aromatic heterocycles. The smallest absolute Gasteiger partial charge is 0.323 e. The lowest BCUT2D eigenvalue weighted by atomic mass is 9.91. The van der Waals surface area contributed by atoms with Crippen molar-refractivity contribution < 1.29 is 9.90 Å². The molecule has 0 saturated carbocycles. The van der Waals surface area contributed by atoms with E-state index in [1.807, 2.05) is 5.38 Å². The van der Waals surface area contributed by atoms with E-state index in [0.29, 0.717) is 17.6 Å². The monoisotopic (exact) mass is 297 g/mol. The Morgan fingerprint density at radius 3 is 3.15 bits per heavy atom. The van der Waals surface area contributed by atoms with Gasteiger partial charge in [-0.25, -0.2) is 9.78 Å². The number of amides is 2. The molecule has 2 unspecified atom stereocenters. The molecular formula is C14H23N3O2S. The highest BCUT2D eigenvalue weighted by atomic mass is 32.1. The van der Waals surface area contributed by atoms with Gasteiger partial charge in [0.15, 0.2) is 5.13 Å². The molecule has 5 nitrogen and oxygen atoms in total. The van der Waals surface area contributed by atoms with E-state index in [1.54, 1.807) is 4.90 Å². The van der Waals surface area contributed by atoms with Gasteiger partial charge in [0, 0.05) is 11.9 Å². The number of urea groups is 1. The summed E-state index contributed by atoms with van der Waals surface area (Å²) in [6.07, 6.45) is 4.04. The Morgan fingerprint density at radius 1 is 1.65 bits per heavy atom. The second-order valence-corrected chi connectivity index (χ2v) is 6.25. The van der Waals surface area contributed by atoms with Gasteiger partial charge in [-0.2, -0.15) is 0 Å². The van der Waals surface area contributed by atoms with Crippen molar-refractivity contribution in [3.05, 3.63) is 11.1 Å². The second kappa shape index (κ2) is 7.04. The highest BCUT2D eigenvalue weighted by molar-refractivity contribution is 7.13. The van der Waals surface area contributed by atoms with Crippen molar-refractivity contribution in [2.75, 3.05) is 18.5 Å². The van der Waals surface area contributed by atoms with Gasteiger partial charge in [0.1, 0.15) is 0 Å². The van der Waals surface area contributed by atoms with Crippen molar-refractivity contribution in [1.29, 1.82) is 0 Å². The largest absolute Gasteiger partial charge is 0.394 e. The van der Waals surface area contributed by atoms with E-state index in [2.05, 4.69) is 24.1 Å². The Balaban J connectivity index is 1.98. The minimum atomic E-state index is -0.145. The first-order chi connectivity index (χ1) is 9.65. The number of thiazole rings is 1. The van der Waals surface area contributed by atoms with Crippen LogP contribution in [0, 0.1) is 5.92 Å². The molecule has 0 aromatic carbocycles. The van der Waals surface area contributed by atoms with Gasteiger partial charge >= 0.3 is 6.03 Å². The van der Waals surface area contributed by atoms with Crippen molar-refractivity contribution >= 4 is 22.5 Å². The second-order valence-electron chi connectivity index (χ2n) is 5.39. The fourth-order valence-electron chi connectivity index (χ4n) is 2.68. The van der Waals surface area contributed by atoms with Crippen molar-refractivity contribution in [3.8, 4) is 0 Å². The molecule has 1 aliphatic heterocycles. The lowest BCUT2D eigenvalue weighted by Crippen LogP contribution is -2.51. The molecule has 112 valence electrons. The van der Waals surface area contributed by atoms with E-state index in [-0.39, 0.29) is 18.7 Å². The maximum absolute atomic E-state index is 12.3. The number of likely N-dealkylation sites (tertiary alicyclic amines) is 1. The number of anilines is 1. The van der Waals surface area contributed by atoms with Gasteiger partial charge in [-0.05, 0) is 25.2 Å². The van der Waals surface area contributed by atoms with Crippen molar-refractivity contribution in [2.45, 2.75) is 45.6 Å². The molecule has 1 saturated heterocycles. The number of carbonyl (C=O) groups excluding carboxylic acids is 1. The summed E-state index contributed by atoms with van der Waals surface area (Å²) < 4.78 is 0. The van der Waals surface area contributed by atoms with Crippen LogP contribution in [0.25, 0.3) is 0 Å². The fourth-order valence-corrected chi connectivity index (χ4v) is 3.41. The molecule has 6 heteroatoms. The van der Waals surface area contributed by atoms with Gasteiger partial charge in [-0.3, -0.25) is 5.32 Å². The van der Waals surface area contributed by atoms with E-state index in [1.165, 1.54) is 11.3 Å². The van der Waals surface area contributed by atoms with Gasteiger partial charge in [0.05, 0.1) is 18.3 Å². The Hall–Kier alpha value is -1.14. The first-order valence-corrected chi connectivity index (χ1v) is 8.16. The lowest BCUT2D eigenvalue weighted by molar-refractivity contribution is 0.0811. The molecule has 1 fully saturated rings. The number of nitrogens with one attached hydrogen (secondary N) is 1. The summed E-state index contributed by atoms with van der Waals surface area (Å²) in [6.45, 7) is 4.92. The molecule has 2 amide bonds. The Kier molecular flexibility index (Phi) is 5.37. The summed E-state index contributed by atoms with van der Waals surface area (Å²) in [7, 11) is 0. The molecule has 0 radical (unpaired) electrons. The van der Waals surface area contributed by atoms with Crippen LogP contribution in [0.3, 0.4) is 0 Å². The number of aryl methyl sites for hydroxylation is 1. The van der Waals surface area contributed by atoms with Crippen LogP contribution < -0.4 is 5.32 Å². The summed E-state index contributed by atoms with van der Waals surface area (Å²) in [6, 6.07) is -0.230. The Bertz CT molecular complexity index is 449. The number of carbonyl (C=O) groups is 1. The number of aliphatic hydroxyl groups excluding tert-OH is 1. The van der Waals surface area contributed by atoms with Crippen molar-refractivity contribution in [1.82, 2.24) is 9.88 Å². The van der Waals surface area contributed by atoms with Gasteiger partial charge in [-0.15, -0.1) is 11.3 Å². The van der Waals surface area contributed by atoms with E-state index < -0.39 is 0 Å². The molecule has 0 spiro atoms. The van der Waals surface area contributed by atoms with Gasteiger partial charge < -0.3 is 10.0 Å². The normalized spacial score (nSPS) is 22.9. The third kappa shape index (κ3) is 3.49. The molecule has 1 aliphatic rings. The Morgan fingerprint density at radius 2 is 2.45 bits per heavy atom. The molecular weight excluding hydrogens is 274 g/mol. The van der Waals surface area contributed by atoms with Crippen LogP contribution >= 0.6 is 11.3 Å². The minimum Gasteiger partial charge on any atom is -0.394 e. The molecule has 2 heterocycles. The first-order valence-electron chi connectivity index (χ1n) is 7.28. The van der Waals surface area contributed by atoms with Crippen LogP contribution in [0.2, 0.25) is 0 Å². The predicted octanol–water partition coefficient (Wildman–Crippen LogP) is 2.72. The van der Waals surface area contributed by atoms with Gasteiger partial charge in [-0.1, -0.05) is 20.3 Å².